The van der Waals surface area contributed by atoms with E-state index in [0.29, 0.717) is 35.7 Å². The fourth-order valence-corrected chi connectivity index (χ4v) is 8.31. The number of ether oxygens (including phenoxy) is 2. The van der Waals surface area contributed by atoms with Crippen molar-refractivity contribution >= 4 is 45.6 Å². The van der Waals surface area contributed by atoms with Crippen LogP contribution < -0.4 is 9.47 Å². The van der Waals surface area contributed by atoms with Gasteiger partial charge in [0, 0.05) is 37.2 Å². The highest BCUT2D eigenvalue weighted by atomic mass is 28.4. The Morgan fingerprint density at radius 3 is 1.53 bits per heavy atom. The minimum Gasteiger partial charge on any atom is -0.496 e. The van der Waals surface area contributed by atoms with Gasteiger partial charge in [-0.25, -0.2) is 0 Å². The Labute approximate surface area is 343 Å². The van der Waals surface area contributed by atoms with Crippen LogP contribution in [0.5, 0.6) is 11.5 Å². The fraction of sp³-hybridized carbons (Fsp3) is 0.625. The number of aliphatic hydroxyl groups excluding tert-OH is 1. The van der Waals surface area contributed by atoms with E-state index in [2.05, 4.69) is 67.7 Å². The summed E-state index contributed by atoms with van der Waals surface area (Å²) in [7, 11) is -1.21. The Morgan fingerprint density at radius 1 is 0.759 bits per heavy atom. The molecule has 0 bridgehead atoms. The largest absolute Gasteiger partial charge is 0.496 e. The van der Waals surface area contributed by atoms with Crippen molar-refractivity contribution in [1.29, 1.82) is 0 Å². The number of rotatable bonds is 12. The molecule has 0 radical (unpaired) electrons. The zero-order chi connectivity index (χ0) is 44.3. The minimum absolute atomic E-state index is 0.00639. The van der Waals surface area contributed by atoms with Gasteiger partial charge in [0.25, 0.3) is 23.2 Å². The SMILES string of the molecule is COc1cc(C(=O)N2CC(=O)C[C@H]2CO[Si](C)(C)C(C)(C)C)c([N+](=O)[O-])cc1C.COc1cc(C(=O)N2C[C@H](O)C[C@H]2CO[Si](C)(C)C(C)(C)C)c([N+](=O)[O-])cc1C. The number of methoxy groups -OCH3 is 2. The number of hydrogen-bond acceptors (Lipinski definition) is 12. The van der Waals surface area contributed by atoms with E-state index in [9.17, 15) is 39.7 Å². The average Bonchev–Trinajstić information content (AvgIpc) is 3.69. The van der Waals surface area contributed by atoms with Gasteiger partial charge >= 0.3 is 0 Å². The van der Waals surface area contributed by atoms with Crippen molar-refractivity contribution in [3.8, 4) is 11.5 Å². The Bertz CT molecular complexity index is 1890. The number of Topliss-reactive ketones (excluding diaryl/α,β-unsaturated/α-hetero) is 1. The van der Waals surface area contributed by atoms with Gasteiger partial charge in [-0.05, 0) is 67.7 Å². The monoisotopic (exact) mass is 846 g/mol. The van der Waals surface area contributed by atoms with E-state index in [4.69, 9.17) is 18.3 Å². The lowest BCUT2D eigenvalue weighted by Gasteiger charge is -2.38. The first-order valence-corrected chi connectivity index (χ1v) is 25.1. The Morgan fingerprint density at radius 2 is 1.16 bits per heavy atom. The summed E-state index contributed by atoms with van der Waals surface area (Å²) in [6, 6.07) is 4.69. The summed E-state index contributed by atoms with van der Waals surface area (Å²) >= 11 is 0. The molecule has 2 aliphatic heterocycles. The molecule has 18 heteroatoms. The molecule has 2 heterocycles. The van der Waals surface area contributed by atoms with Crippen LogP contribution in [0.2, 0.25) is 36.3 Å². The van der Waals surface area contributed by atoms with Crippen LogP contribution in [0.25, 0.3) is 0 Å². The number of likely N-dealkylation sites (tertiary alicyclic amines) is 2. The summed E-state index contributed by atoms with van der Waals surface area (Å²) in [6.07, 6.45) is -0.104. The second kappa shape index (κ2) is 18.4. The van der Waals surface area contributed by atoms with Crippen molar-refractivity contribution in [3.63, 3.8) is 0 Å². The van der Waals surface area contributed by atoms with Crippen LogP contribution in [-0.2, 0) is 13.6 Å². The normalized spacial score (nSPS) is 18.8. The van der Waals surface area contributed by atoms with Crippen molar-refractivity contribution < 1.29 is 47.7 Å². The first-order chi connectivity index (χ1) is 26.6. The van der Waals surface area contributed by atoms with Crippen molar-refractivity contribution in [2.24, 2.45) is 0 Å². The zero-order valence-corrected chi connectivity index (χ0v) is 38.5. The Balaban J connectivity index is 0.000000310. The molecule has 3 atom stereocenters. The van der Waals surface area contributed by atoms with E-state index in [1.54, 1.807) is 13.8 Å². The van der Waals surface area contributed by atoms with Crippen LogP contribution in [0, 0.1) is 34.1 Å². The first-order valence-electron chi connectivity index (χ1n) is 19.3. The molecule has 322 valence electrons. The van der Waals surface area contributed by atoms with Gasteiger partial charge in [-0.2, -0.15) is 0 Å². The number of aryl methyl sites for hydroxylation is 2. The molecule has 2 aliphatic rings. The molecule has 0 unspecified atom stereocenters. The lowest BCUT2D eigenvalue weighted by atomic mass is 10.1. The zero-order valence-electron chi connectivity index (χ0n) is 36.5. The molecule has 0 spiro atoms. The van der Waals surface area contributed by atoms with Crippen LogP contribution >= 0.6 is 0 Å². The number of benzene rings is 2. The Kier molecular flexibility index (Phi) is 15.2. The number of carbonyl (C=O) groups excluding carboxylic acids is 3. The predicted octanol–water partition coefficient (Wildman–Crippen LogP) is 7.23. The van der Waals surface area contributed by atoms with E-state index in [0.717, 1.165) is 0 Å². The lowest BCUT2D eigenvalue weighted by Crippen LogP contribution is -2.46. The molecule has 2 aromatic rings. The van der Waals surface area contributed by atoms with Crippen molar-refractivity contribution in [1.82, 2.24) is 9.80 Å². The standard InChI is InChI=1S/C20H32N2O6Si.C20H30N2O6Si/c2*1-13-8-17(22(25)26)16(10-18(13)27-5)19(24)21-11-15(23)9-14(21)12-28-29(6,7)20(2,3)4/h8,10,14-15,23H,9,11-12H2,1-7H3;8,10,14H,9,11-12H2,1-7H3/t14-,15+;14-/m00/s1. The van der Waals surface area contributed by atoms with Crippen molar-refractivity contribution in [2.45, 2.75) is 123 Å². The number of nitro benzene ring substituents is 2. The fourth-order valence-electron chi connectivity index (χ4n) is 6.22. The quantitative estimate of drug-likeness (QED) is 0.128. The van der Waals surface area contributed by atoms with E-state index < -0.39 is 50.4 Å². The van der Waals surface area contributed by atoms with E-state index in [1.807, 2.05) is 0 Å². The van der Waals surface area contributed by atoms with Crippen molar-refractivity contribution in [3.05, 3.63) is 66.7 Å². The van der Waals surface area contributed by atoms with E-state index in [1.165, 1.54) is 48.3 Å². The highest BCUT2D eigenvalue weighted by Crippen LogP contribution is 2.39. The maximum absolute atomic E-state index is 13.2. The average molecular weight is 847 g/mol. The highest BCUT2D eigenvalue weighted by molar-refractivity contribution is 6.74. The third-order valence-electron chi connectivity index (χ3n) is 11.9. The van der Waals surface area contributed by atoms with Gasteiger partial charge in [0.05, 0.1) is 62.0 Å². The highest BCUT2D eigenvalue weighted by Gasteiger charge is 2.43. The molecular formula is C40H62N4O12Si2. The topological polar surface area (TPSA) is 201 Å². The molecular weight excluding hydrogens is 785 g/mol. The number of amides is 2. The lowest BCUT2D eigenvalue weighted by molar-refractivity contribution is -0.385. The van der Waals surface area contributed by atoms with Gasteiger partial charge < -0.3 is 33.2 Å². The number of ketones is 1. The van der Waals surface area contributed by atoms with Crippen LogP contribution in [0.15, 0.2) is 24.3 Å². The molecule has 2 aromatic carbocycles. The number of carbonyl (C=O) groups is 3. The van der Waals surface area contributed by atoms with E-state index in [-0.39, 0.29) is 70.5 Å². The molecule has 2 saturated heterocycles. The molecule has 2 amide bonds. The smallest absolute Gasteiger partial charge is 0.282 e. The summed E-state index contributed by atoms with van der Waals surface area (Å²) < 4.78 is 23.0. The molecule has 4 rings (SSSR count). The number of nitro groups is 2. The van der Waals surface area contributed by atoms with Gasteiger partial charge in [-0.1, -0.05) is 41.5 Å². The third-order valence-corrected chi connectivity index (χ3v) is 20.9. The number of aliphatic hydroxyl groups is 1. The Hall–Kier alpha value is -4.24. The van der Waals surface area contributed by atoms with E-state index >= 15 is 0 Å². The molecule has 1 N–H and O–H groups in total. The number of hydrogen-bond donors (Lipinski definition) is 1. The first kappa shape index (κ1) is 48.1. The summed E-state index contributed by atoms with van der Waals surface area (Å²) in [5, 5.41) is 33.2. The van der Waals surface area contributed by atoms with Gasteiger partial charge in [-0.15, -0.1) is 0 Å². The summed E-state index contributed by atoms with van der Waals surface area (Å²) in [4.78, 5) is 63.3. The van der Waals surface area contributed by atoms with Crippen LogP contribution in [0.3, 0.4) is 0 Å². The third kappa shape index (κ3) is 11.1. The van der Waals surface area contributed by atoms with Gasteiger partial charge in [0.2, 0.25) is 0 Å². The summed E-state index contributed by atoms with van der Waals surface area (Å²) in [5.41, 5.74) is 0.463. The maximum Gasteiger partial charge on any atom is 0.282 e. The minimum atomic E-state index is -2.07. The maximum atomic E-state index is 13.2. The van der Waals surface area contributed by atoms with Gasteiger partial charge in [0.15, 0.2) is 22.4 Å². The molecule has 16 nitrogen and oxygen atoms in total. The summed E-state index contributed by atoms with van der Waals surface area (Å²) in [5.74, 6) is -0.324. The van der Waals surface area contributed by atoms with Crippen LogP contribution in [0.4, 0.5) is 11.4 Å². The van der Waals surface area contributed by atoms with Gasteiger partial charge in [0.1, 0.15) is 22.6 Å². The molecule has 0 saturated carbocycles. The molecule has 2 fully saturated rings. The number of nitrogens with zero attached hydrogens (tertiary/aromatic N) is 4. The van der Waals surface area contributed by atoms with Crippen LogP contribution in [-0.4, -0.2) is 118 Å². The predicted molar refractivity (Wildman–Crippen MR) is 225 cm³/mol. The second-order valence-electron chi connectivity index (χ2n) is 18.2. The van der Waals surface area contributed by atoms with Gasteiger partial charge in [-0.3, -0.25) is 34.6 Å². The second-order valence-corrected chi connectivity index (χ2v) is 27.8. The summed E-state index contributed by atoms with van der Waals surface area (Å²) in [6.45, 7) is 25.2. The van der Waals surface area contributed by atoms with Crippen molar-refractivity contribution in [2.75, 3.05) is 40.5 Å². The number of β-amino-alcohol motifs (C(OH)–C–C–N with tert-alkyl or cyclic N) is 1. The molecule has 0 aromatic heterocycles. The van der Waals surface area contributed by atoms with Crippen LogP contribution in [0.1, 0.15) is 86.2 Å². The molecule has 0 aliphatic carbocycles. The molecule has 58 heavy (non-hydrogen) atoms.